The van der Waals surface area contributed by atoms with Crippen molar-refractivity contribution >= 4 is 46.0 Å². The van der Waals surface area contributed by atoms with Crippen LogP contribution in [-0.2, 0) is 9.53 Å². The molecule has 46 heavy (non-hydrogen) atoms. The zero-order chi connectivity index (χ0) is 32.5. The van der Waals surface area contributed by atoms with Crippen molar-refractivity contribution in [2.75, 3.05) is 56.6 Å². The zero-order valence-corrected chi connectivity index (χ0v) is 27.9. The number of aromatic nitrogens is 2. The van der Waals surface area contributed by atoms with E-state index in [-0.39, 0.29) is 40.3 Å². The molecule has 0 saturated carbocycles. The smallest absolute Gasteiger partial charge is 0.350 e. The maximum Gasteiger partial charge on any atom is 0.350 e. The highest BCUT2D eigenvalue weighted by Gasteiger charge is 2.42. The Balaban J connectivity index is 1.36. The number of nitrogens with zero attached hydrogens (tertiary/aromatic N) is 5. The van der Waals surface area contributed by atoms with E-state index in [1.54, 1.807) is 16.3 Å². The van der Waals surface area contributed by atoms with Crippen LogP contribution in [0.4, 0.5) is 14.6 Å². The van der Waals surface area contributed by atoms with Gasteiger partial charge in [-0.05, 0) is 70.5 Å². The Labute approximate surface area is 276 Å². The van der Waals surface area contributed by atoms with Crippen LogP contribution in [0, 0.1) is 24.0 Å². The number of anilines is 1. The van der Waals surface area contributed by atoms with Crippen molar-refractivity contribution in [3.8, 4) is 11.1 Å². The van der Waals surface area contributed by atoms with Gasteiger partial charge in [0.15, 0.2) is 0 Å². The molecule has 1 amide bonds. The number of carbonyl (C=O) groups excluding carboxylic acids is 1. The third-order valence-corrected chi connectivity index (χ3v) is 11.8. The van der Waals surface area contributed by atoms with Crippen LogP contribution in [-0.4, -0.2) is 89.0 Å². The van der Waals surface area contributed by atoms with Crippen molar-refractivity contribution in [2.24, 2.45) is 5.41 Å². The fourth-order valence-corrected chi connectivity index (χ4v) is 9.40. The Kier molecular flexibility index (Phi) is 8.18. The second-order valence-corrected chi connectivity index (χ2v) is 14.9. The van der Waals surface area contributed by atoms with E-state index in [1.165, 1.54) is 12.1 Å². The van der Waals surface area contributed by atoms with Gasteiger partial charge in [-0.1, -0.05) is 18.2 Å². The van der Waals surface area contributed by atoms with E-state index in [9.17, 15) is 14.0 Å². The average Bonchev–Trinajstić information content (AvgIpc) is 3.00. The molecule has 3 saturated heterocycles. The molecular formula is C34H38ClF2N5O3S. The molecule has 0 N–H and O–H groups in total. The van der Waals surface area contributed by atoms with Crippen LogP contribution >= 0.6 is 23.4 Å². The van der Waals surface area contributed by atoms with E-state index in [0.717, 1.165) is 61.1 Å². The Morgan fingerprint density at radius 3 is 2.48 bits per heavy atom. The predicted octanol–water partition coefficient (Wildman–Crippen LogP) is 5.67. The lowest BCUT2D eigenvalue weighted by Gasteiger charge is -2.48. The Morgan fingerprint density at radius 2 is 1.85 bits per heavy atom. The molecule has 1 aromatic heterocycles. The number of benzene rings is 2. The maximum absolute atomic E-state index is 15.4. The first kappa shape index (κ1) is 31.6. The molecule has 5 heterocycles. The number of piperidine rings is 1. The van der Waals surface area contributed by atoms with Crippen LogP contribution in [0.15, 0.2) is 40.5 Å². The van der Waals surface area contributed by atoms with Crippen molar-refractivity contribution in [2.45, 2.75) is 56.6 Å². The second kappa shape index (κ2) is 11.9. The maximum atomic E-state index is 15.4. The molecule has 244 valence electrons. The monoisotopic (exact) mass is 669 g/mol. The van der Waals surface area contributed by atoms with Crippen molar-refractivity contribution in [1.82, 2.24) is 19.4 Å². The third kappa shape index (κ3) is 5.23. The lowest BCUT2D eigenvalue weighted by Crippen LogP contribution is -2.58. The summed E-state index contributed by atoms with van der Waals surface area (Å²) in [5, 5.41) is 0.637. The molecule has 2 aromatic carbocycles. The van der Waals surface area contributed by atoms with Gasteiger partial charge in [0, 0.05) is 70.4 Å². The standard InChI is InChI=1S/C34H38ClF2N5O3S/c1-5-28(43)41-20(3)13-40(14-21(41)4)32-24-10-19(2)29(23-11-25(35)27(37)12-26(23)36)31-30(24)42(33(44)38-32)22(16-46-31)15-39-8-6-34(7-9-39)17-45-18-34/h5,10-12,20-22H,1,6-9,13-18H2,2-4H3/t20-,21+,22-/m0/s1. The number of hydrogen-bond donors (Lipinski definition) is 0. The summed E-state index contributed by atoms with van der Waals surface area (Å²) < 4.78 is 37.0. The topological polar surface area (TPSA) is 70.9 Å². The molecule has 0 unspecified atom stereocenters. The van der Waals surface area contributed by atoms with Crippen molar-refractivity contribution in [3.05, 3.63) is 63.6 Å². The van der Waals surface area contributed by atoms with Crippen molar-refractivity contribution in [3.63, 3.8) is 0 Å². The van der Waals surface area contributed by atoms with Gasteiger partial charge < -0.3 is 19.4 Å². The first-order valence-electron chi connectivity index (χ1n) is 15.9. The van der Waals surface area contributed by atoms with Gasteiger partial charge in [-0.2, -0.15) is 4.98 Å². The molecule has 0 aliphatic carbocycles. The van der Waals surface area contributed by atoms with E-state index in [2.05, 4.69) is 16.4 Å². The first-order chi connectivity index (χ1) is 22.0. The Bertz CT molecular complexity index is 1790. The summed E-state index contributed by atoms with van der Waals surface area (Å²) in [6.45, 7) is 14.8. The third-order valence-electron chi connectivity index (χ3n) is 10.3. The number of ether oxygens (including phenoxy) is 1. The number of aryl methyl sites for hydroxylation is 1. The summed E-state index contributed by atoms with van der Waals surface area (Å²) in [4.78, 5) is 38.6. The summed E-state index contributed by atoms with van der Waals surface area (Å²) >= 11 is 7.77. The largest absolute Gasteiger partial charge is 0.380 e. The highest BCUT2D eigenvalue weighted by Crippen LogP contribution is 2.47. The van der Waals surface area contributed by atoms with Crippen LogP contribution in [0.25, 0.3) is 22.0 Å². The fraction of sp³-hybridized carbons (Fsp3) is 0.500. The van der Waals surface area contributed by atoms with Gasteiger partial charge in [0.05, 0.1) is 29.8 Å². The van der Waals surface area contributed by atoms with E-state index in [1.807, 2.05) is 31.7 Å². The normalized spacial score (nSPS) is 24.3. The molecule has 4 aliphatic heterocycles. The highest BCUT2D eigenvalue weighted by molar-refractivity contribution is 7.99. The molecule has 0 bridgehead atoms. The van der Waals surface area contributed by atoms with Gasteiger partial charge >= 0.3 is 5.69 Å². The van der Waals surface area contributed by atoms with Gasteiger partial charge in [-0.15, -0.1) is 11.8 Å². The van der Waals surface area contributed by atoms with Crippen LogP contribution in [0.1, 0.15) is 38.3 Å². The summed E-state index contributed by atoms with van der Waals surface area (Å²) in [7, 11) is 0. The van der Waals surface area contributed by atoms with Crippen LogP contribution in [0.2, 0.25) is 5.02 Å². The van der Waals surface area contributed by atoms with Gasteiger partial charge in [-0.25, -0.2) is 13.6 Å². The number of carbonyl (C=O) groups is 1. The minimum atomic E-state index is -0.819. The quantitative estimate of drug-likeness (QED) is 0.256. The molecule has 8 nitrogen and oxygen atoms in total. The lowest BCUT2D eigenvalue weighted by molar-refractivity contribution is -0.140. The minimum Gasteiger partial charge on any atom is -0.380 e. The lowest BCUT2D eigenvalue weighted by atomic mass is 9.77. The summed E-state index contributed by atoms with van der Waals surface area (Å²) in [5.41, 5.74) is 2.24. The van der Waals surface area contributed by atoms with Crippen LogP contribution < -0.4 is 10.6 Å². The summed E-state index contributed by atoms with van der Waals surface area (Å²) in [6.07, 6.45) is 3.49. The number of rotatable bonds is 5. The van der Waals surface area contributed by atoms with E-state index in [0.29, 0.717) is 47.7 Å². The van der Waals surface area contributed by atoms with Crippen LogP contribution in [0.5, 0.6) is 0 Å². The highest BCUT2D eigenvalue weighted by atomic mass is 35.5. The van der Waals surface area contributed by atoms with E-state index < -0.39 is 11.6 Å². The zero-order valence-electron chi connectivity index (χ0n) is 26.3. The number of piperazine rings is 1. The summed E-state index contributed by atoms with van der Waals surface area (Å²) in [6, 6.07) is 3.70. The van der Waals surface area contributed by atoms with Crippen LogP contribution in [0.3, 0.4) is 0 Å². The van der Waals surface area contributed by atoms with E-state index >= 15 is 4.39 Å². The average molecular weight is 670 g/mol. The molecular weight excluding hydrogens is 632 g/mol. The Hall–Kier alpha value is -2.99. The second-order valence-electron chi connectivity index (χ2n) is 13.4. The Morgan fingerprint density at radius 1 is 1.15 bits per heavy atom. The van der Waals surface area contributed by atoms with Crippen molar-refractivity contribution in [1.29, 1.82) is 0 Å². The van der Waals surface area contributed by atoms with Gasteiger partial charge in [0.2, 0.25) is 5.91 Å². The molecule has 4 aliphatic rings. The number of halogens is 3. The SMILES string of the molecule is C=CC(=O)N1[C@H](C)CN(c2nc(=O)n3c4c(c(-c5cc(Cl)c(F)cc5F)c(C)cc24)SC[C@@H]3CN2CCC3(CC2)COC3)C[C@@H]1C. The molecule has 1 spiro atoms. The fourth-order valence-electron chi connectivity index (χ4n) is 7.87. The molecule has 3 aromatic rings. The van der Waals surface area contributed by atoms with E-state index in [4.69, 9.17) is 21.3 Å². The molecule has 7 rings (SSSR count). The molecule has 12 heteroatoms. The number of thioether (sulfide) groups is 1. The first-order valence-corrected chi connectivity index (χ1v) is 17.2. The van der Waals surface area contributed by atoms with Gasteiger partial charge in [0.25, 0.3) is 0 Å². The van der Waals surface area contributed by atoms with Crippen molar-refractivity contribution < 1.29 is 18.3 Å². The minimum absolute atomic E-state index is 0.127. The number of likely N-dealkylation sites (tertiary alicyclic amines) is 1. The van der Waals surface area contributed by atoms with Gasteiger partial charge in [-0.3, -0.25) is 9.36 Å². The molecule has 0 radical (unpaired) electrons. The number of amides is 1. The number of hydrogen-bond acceptors (Lipinski definition) is 7. The predicted molar refractivity (Wildman–Crippen MR) is 178 cm³/mol. The van der Waals surface area contributed by atoms with Gasteiger partial charge in [0.1, 0.15) is 17.5 Å². The summed E-state index contributed by atoms with van der Waals surface area (Å²) in [5.74, 6) is -0.491. The molecule has 3 atom stereocenters. The molecule has 3 fully saturated rings.